The molecule has 1 heterocycles. The van der Waals surface area contributed by atoms with E-state index in [4.69, 9.17) is 0 Å². The van der Waals surface area contributed by atoms with Crippen LogP contribution in [0.4, 0.5) is 0 Å². The van der Waals surface area contributed by atoms with Crippen LogP contribution in [-0.2, 0) is 4.79 Å². The van der Waals surface area contributed by atoms with E-state index in [1.54, 1.807) is 0 Å². The van der Waals surface area contributed by atoms with Crippen molar-refractivity contribution in [2.24, 2.45) is 5.92 Å². The van der Waals surface area contributed by atoms with Crippen molar-refractivity contribution in [3.63, 3.8) is 0 Å². The van der Waals surface area contributed by atoms with Crippen molar-refractivity contribution in [3.8, 4) is 0 Å². The lowest BCUT2D eigenvalue weighted by atomic mass is 9.76. The molecule has 4 atom stereocenters. The van der Waals surface area contributed by atoms with Crippen LogP contribution < -0.4 is 0 Å². The van der Waals surface area contributed by atoms with Crippen molar-refractivity contribution < 1.29 is 4.79 Å². The molecule has 0 N–H and O–H groups in total. The number of halogens is 2. The third-order valence-electron chi connectivity index (χ3n) is 2.96. The van der Waals surface area contributed by atoms with E-state index >= 15 is 0 Å². The van der Waals surface area contributed by atoms with Gasteiger partial charge < -0.3 is 4.90 Å². The predicted molar refractivity (Wildman–Crippen MR) is 54.7 cm³/mol. The van der Waals surface area contributed by atoms with Crippen molar-refractivity contribution in [3.05, 3.63) is 0 Å². The maximum absolute atomic E-state index is 11.3. The summed E-state index contributed by atoms with van der Waals surface area (Å²) < 4.78 is 0. The van der Waals surface area contributed by atoms with Crippen molar-refractivity contribution in [1.82, 2.24) is 4.90 Å². The standard InChI is InChI=1S/C8H11Br2NO/c1-11-7-3-6(10)5(9)2-4(7)8(11)12/h4-7H,2-3H2,1H3/t4-,5+,6+,7+/m0/s1. The number of amides is 1. The number of hydrogen-bond donors (Lipinski definition) is 0. The van der Waals surface area contributed by atoms with Crippen LogP contribution in [-0.4, -0.2) is 33.6 Å². The Kier molecular flexibility index (Phi) is 2.24. The molecule has 0 unspecified atom stereocenters. The van der Waals surface area contributed by atoms with E-state index in [-0.39, 0.29) is 0 Å². The van der Waals surface area contributed by atoms with E-state index in [0.717, 1.165) is 12.8 Å². The number of fused-ring (bicyclic) bond motifs is 1. The van der Waals surface area contributed by atoms with Crippen molar-refractivity contribution in [1.29, 1.82) is 0 Å². The van der Waals surface area contributed by atoms with Crippen molar-refractivity contribution in [2.75, 3.05) is 7.05 Å². The fourth-order valence-electron chi connectivity index (χ4n) is 2.13. The normalized spacial score (nSPS) is 46.9. The molecule has 0 aromatic rings. The van der Waals surface area contributed by atoms with E-state index < -0.39 is 0 Å². The van der Waals surface area contributed by atoms with E-state index in [1.807, 2.05) is 11.9 Å². The van der Waals surface area contributed by atoms with Crippen LogP contribution in [0, 0.1) is 5.92 Å². The second-order valence-electron chi connectivity index (χ2n) is 3.63. The first kappa shape index (κ1) is 9.00. The molecule has 68 valence electrons. The van der Waals surface area contributed by atoms with Gasteiger partial charge in [-0.1, -0.05) is 31.9 Å². The van der Waals surface area contributed by atoms with Gasteiger partial charge in [0, 0.05) is 22.7 Å². The van der Waals surface area contributed by atoms with Crippen LogP contribution in [0.2, 0.25) is 0 Å². The minimum absolute atomic E-state index is 0.299. The second-order valence-corrected chi connectivity index (χ2v) is 5.98. The van der Waals surface area contributed by atoms with Gasteiger partial charge in [-0.2, -0.15) is 0 Å². The number of likely N-dealkylation sites (tertiary alicyclic amines) is 1. The van der Waals surface area contributed by atoms with Crippen molar-refractivity contribution in [2.45, 2.75) is 28.5 Å². The summed E-state index contributed by atoms with van der Waals surface area (Å²) in [5.41, 5.74) is 0. The Morgan fingerprint density at radius 2 is 1.92 bits per heavy atom. The third kappa shape index (κ3) is 1.15. The maximum atomic E-state index is 11.3. The van der Waals surface area contributed by atoms with Gasteiger partial charge in [-0.15, -0.1) is 0 Å². The van der Waals surface area contributed by atoms with Gasteiger partial charge in [0.2, 0.25) is 5.91 Å². The third-order valence-corrected chi connectivity index (χ3v) is 5.70. The fourth-order valence-corrected chi connectivity index (χ4v) is 3.34. The molecule has 1 saturated heterocycles. The fraction of sp³-hybridized carbons (Fsp3) is 0.875. The number of β-lactam (4-membered cyclic amide) rings is 1. The van der Waals surface area contributed by atoms with Crippen LogP contribution in [0.15, 0.2) is 0 Å². The van der Waals surface area contributed by atoms with Crippen molar-refractivity contribution >= 4 is 37.8 Å². The Bertz CT molecular complexity index is 221. The molecular weight excluding hydrogens is 286 g/mol. The van der Waals surface area contributed by atoms with E-state index in [0.29, 0.717) is 27.5 Å². The molecule has 0 aromatic carbocycles. The minimum Gasteiger partial charge on any atom is -0.342 e. The highest BCUT2D eigenvalue weighted by Gasteiger charge is 2.50. The van der Waals surface area contributed by atoms with E-state index in [9.17, 15) is 4.79 Å². The van der Waals surface area contributed by atoms with Gasteiger partial charge >= 0.3 is 0 Å². The number of carbonyl (C=O) groups is 1. The van der Waals surface area contributed by atoms with Crippen LogP contribution in [0.25, 0.3) is 0 Å². The topological polar surface area (TPSA) is 20.3 Å². The molecule has 0 aromatic heterocycles. The summed E-state index contributed by atoms with van der Waals surface area (Å²) in [5.74, 6) is 0.622. The Morgan fingerprint density at radius 3 is 2.58 bits per heavy atom. The first-order valence-electron chi connectivity index (χ1n) is 4.16. The smallest absolute Gasteiger partial charge is 0.227 e. The molecule has 2 nitrogen and oxygen atoms in total. The number of nitrogens with zero attached hydrogens (tertiary/aromatic N) is 1. The molecule has 4 heteroatoms. The highest BCUT2D eigenvalue weighted by Crippen LogP contribution is 2.42. The molecule has 1 amide bonds. The van der Waals surface area contributed by atoms with Crippen LogP contribution in [0.5, 0.6) is 0 Å². The largest absolute Gasteiger partial charge is 0.342 e. The first-order chi connectivity index (χ1) is 5.61. The summed E-state index contributed by atoms with van der Waals surface area (Å²) in [7, 11) is 1.90. The Balaban J connectivity index is 2.07. The SMILES string of the molecule is CN1C(=O)[C@H]2C[C@@H](Br)[C@H](Br)C[C@H]21. The number of hydrogen-bond acceptors (Lipinski definition) is 1. The highest BCUT2D eigenvalue weighted by atomic mass is 79.9. The van der Waals surface area contributed by atoms with Gasteiger partial charge in [0.25, 0.3) is 0 Å². The summed E-state index contributed by atoms with van der Waals surface area (Å²) in [6, 6.07) is 0.496. The van der Waals surface area contributed by atoms with E-state index in [1.165, 1.54) is 0 Å². The second kappa shape index (κ2) is 2.98. The number of rotatable bonds is 0. The Labute approximate surface area is 88.9 Å². The zero-order valence-electron chi connectivity index (χ0n) is 6.84. The molecule has 2 fully saturated rings. The molecule has 1 aliphatic carbocycles. The summed E-state index contributed by atoms with van der Waals surface area (Å²) in [6.07, 6.45) is 2.08. The lowest BCUT2D eigenvalue weighted by Gasteiger charge is -2.50. The zero-order valence-corrected chi connectivity index (χ0v) is 10.0. The van der Waals surface area contributed by atoms with Gasteiger partial charge in [0.1, 0.15) is 0 Å². The van der Waals surface area contributed by atoms with Crippen LogP contribution in [0.3, 0.4) is 0 Å². The monoisotopic (exact) mass is 295 g/mol. The van der Waals surface area contributed by atoms with Gasteiger partial charge in [0.05, 0.1) is 5.92 Å². The first-order valence-corrected chi connectivity index (χ1v) is 5.99. The molecule has 0 spiro atoms. The molecule has 2 rings (SSSR count). The van der Waals surface area contributed by atoms with Gasteiger partial charge in [-0.3, -0.25) is 4.79 Å². The quantitative estimate of drug-likeness (QED) is 0.493. The molecule has 1 aliphatic heterocycles. The predicted octanol–water partition coefficient (Wildman–Crippen LogP) is 1.76. The summed E-state index contributed by atoms with van der Waals surface area (Å²) in [6.45, 7) is 0. The molecule has 0 radical (unpaired) electrons. The summed E-state index contributed by atoms with van der Waals surface area (Å²) in [4.78, 5) is 14.2. The molecular formula is C8H11Br2NO. The zero-order chi connectivity index (χ0) is 8.88. The Morgan fingerprint density at radius 1 is 1.33 bits per heavy atom. The minimum atomic E-state index is 0.299. The van der Waals surface area contributed by atoms with E-state index in [2.05, 4.69) is 31.9 Å². The lowest BCUT2D eigenvalue weighted by Crippen LogP contribution is -2.62. The Hall–Kier alpha value is 0.430. The average molecular weight is 297 g/mol. The molecule has 1 saturated carbocycles. The van der Waals surface area contributed by atoms with Gasteiger partial charge in [-0.05, 0) is 12.8 Å². The lowest BCUT2D eigenvalue weighted by molar-refractivity contribution is -0.155. The molecule has 12 heavy (non-hydrogen) atoms. The van der Waals surface area contributed by atoms with Gasteiger partial charge in [-0.25, -0.2) is 0 Å². The number of alkyl halides is 2. The average Bonchev–Trinajstić information content (AvgIpc) is 2.08. The maximum Gasteiger partial charge on any atom is 0.227 e. The van der Waals surface area contributed by atoms with Crippen LogP contribution >= 0.6 is 31.9 Å². The number of carbonyl (C=O) groups excluding carboxylic acids is 1. The highest BCUT2D eigenvalue weighted by molar-refractivity contribution is 9.12. The molecule has 0 bridgehead atoms. The van der Waals surface area contributed by atoms with Gasteiger partial charge in [0.15, 0.2) is 0 Å². The summed E-state index contributed by atoms with van der Waals surface area (Å²) >= 11 is 7.20. The molecule has 2 aliphatic rings. The van der Waals surface area contributed by atoms with Crippen LogP contribution in [0.1, 0.15) is 12.8 Å². The summed E-state index contributed by atoms with van der Waals surface area (Å²) in [5, 5.41) is 0.